The fraction of sp³-hybridized carbons (Fsp3) is 0.667. The number of rotatable bonds is 1. The SMILES string of the molecule is O=S1(=O)NC2(CCCCC2)c2ccc(C3CCCCC3)cc21. The van der Waals surface area contributed by atoms with Gasteiger partial charge in [-0.3, -0.25) is 0 Å². The minimum Gasteiger partial charge on any atom is -0.207 e. The van der Waals surface area contributed by atoms with E-state index in [1.54, 1.807) is 0 Å². The van der Waals surface area contributed by atoms with Crippen LogP contribution in [0.25, 0.3) is 0 Å². The van der Waals surface area contributed by atoms with Gasteiger partial charge in [-0.2, -0.15) is 0 Å². The summed E-state index contributed by atoms with van der Waals surface area (Å²) < 4.78 is 28.3. The van der Waals surface area contributed by atoms with E-state index < -0.39 is 10.0 Å². The van der Waals surface area contributed by atoms with E-state index in [2.05, 4.69) is 16.9 Å². The fourth-order valence-corrected chi connectivity index (χ4v) is 6.52. The first-order chi connectivity index (χ1) is 10.6. The highest BCUT2D eigenvalue weighted by Crippen LogP contribution is 2.46. The second-order valence-electron chi connectivity index (χ2n) is 7.34. The van der Waals surface area contributed by atoms with E-state index in [0.29, 0.717) is 10.8 Å². The topological polar surface area (TPSA) is 46.2 Å². The number of fused-ring (bicyclic) bond motifs is 2. The van der Waals surface area contributed by atoms with Crippen LogP contribution in [0.3, 0.4) is 0 Å². The lowest BCUT2D eigenvalue weighted by Gasteiger charge is -2.33. The van der Waals surface area contributed by atoms with Gasteiger partial charge >= 0.3 is 0 Å². The van der Waals surface area contributed by atoms with Crippen molar-refractivity contribution < 1.29 is 8.42 Å². The summed E-state index contributed by atoms with van der Waals surface area (Å²) in [5.41, 5.74) is 1.96. The maximum absolute atomic E-state index is 12.7. The van der Waals surface area contributed by atoms with E-state index in [0.717, 1.165) is 31.2 Å². The summed E-state index contributed by atoms with van der Waals surface area (Å²) in [4.78, 5) is 0.567. The summed E-state index contributed by atoms with van der Waals surface area (Å²) in [7, 11) is -3.32. The van der Waals surface area contributed by atoms with Crippen molar-refractivity contribution in [3.8, 4) is 0 Å². The summed E-state index contributed by atoms with van der Waals surface area (Å²) in [5, 5.41) is 0. The highest BCUT2D eigenvalue weighted by atomic mass is 32.2. The molecule has 1 aromatic rings. The molecular formula is C18H25NO2S. The van der Waals surface area contributed by atoms with Gasteiger partial charge in [0.05, 0.1) is 10.4 Å². The molecule has 0 unspecified atom stereocenters. The Morgan fingerprint density at radius 3 is 2.36 bits per heavy atom. The third kappa shape index (κ3) is 2.31. The second-order valence-corrected chi connectivity index (χ2v) is 8.99. The highest BCUT2D eigenvalue weighted by molar-refractivity contribution is 7.89. The average Bonchev–Trinajstić information content (AvgIpc) is 2.76. The van der Waals surface area contributed by atoms with Crippen LogP contribution in [0.4, 0.5) is 0 Å². The Morgan fingerprint density at radius 2 is 1.64 bits per heavy atom. The third-order valence-electron chi connectivity index (χ3n) is 5.92. The van der Waals surface area contributed by atoms with Crippen LogP contribution in [0.2, 0.25) is 0 Å². The standard InChI is InChI=1S/C18H25NO2S/c20-22(21)17-13-15(14-7-3-1-4-8-14)9-10-16(17)18(19-22)11-5-2-6-12-18/h9-10,13-14,19H,1-8,11-12H2. The molecule has 2 saturated carbocycles. The Balaban J connectivity index is 1.75. The lowest BCUT2D eigenvalue weighted by molar-refractivity contribution is 0.280. The molecule has 4 heteroatoms. The molecule has 120 valence electrons. The van der Waals surface area contributed by atoms with Crippen LogP contribution in [-0.4, -0.2) is 8.42 Å². The van der Waals surface area contributed by atoms with E-state index in [9.17, 15) is 8.42 Å². The molecule has 0 saturated heterocycles. The Hall–Kier alpha value is -0.870. The van der Waals surface area contributed by atoms with Crippen LogP contribution in [0.15, 0.2) is 23.1 Å². The maximum atomic E-state index is 12.7. The summed E-state index contributed by atoms with van der Waals surface area (Å²) >= 11 is 0. The smallest absolute Gasteiger partial charge is 0.207 e. The zero-order chi connectivity index (χ0) is 15.2. The fourth-order valence-electron chi connectivity index (χ4n) is 4.74. The third-order valence-corrected chi connectivity index (χ3v) is 7.50. The van der Waals surface area contributed by atoms with Crippen molar-refractivity contribution in [3.05, 3.63) is 29.3 Å². The Kier molecular flexibility index (Phi) is 3.57. The minimum absolute atomic E-state index is 0.308. The predicted molar refractivity (Wildman–Crippen MR) is 87.4 cm³/mol. The molecule has 1 N–H and O–H groups in total. The molecule has 3 nitrogen and oxygen atoms in total. The van der Waals surface area contributed by atoms with Gasteiger partial charge in [0.25, 0.3) is 0 Å². The minimum atomic E-state index is -3.32. The van der Waals surface area contributed by atoms with Crippen molar-refractivity contribution in [1.29, 1.82) is 0 Å². The second kappa shape index (κ2) is 5.34. The van der Waals surface area contributed by atoms with Gasteiger partial charge in [0.1, 0.15) is 0 Å². The first-order valence-corrected chi connectivity index (χ1v) is 10.3. The zero-order valence-corrected chi connectivity index (χ0v) is 13.9. The van der Waals surface area contributed by atoms with Crippen LogP contribution < -0.4 is 4.72 Å². The molecule has 0 bridgehead atoms. The van der Waals surface area contributed by atoms with Crippen LogP contribution in [0, 0.1) is 0 Å². The van der Waals surface area contributed by atoms with E-state index in [1.165, 1.54) is 44.1 Å². The average molecular weight is 319 g/mol. The molecule has 0 atom stereocenters. The number of sulfonamides is 1. The lowest BCUT2D eigenvalue weighted by atomic mass is 9.76. The molecule has 1 aliphatic heterocycles. The maximum Gasteiger partial charge on any atom is 0.241 e. The zero-order valence-electron chi connectivity index (χ0n) is 13.1. The Bertz CT molecular complexity index is 668. The normalized spacial score (nSPS) is 26.9. The van der Waals surface area contributed by atoms with E-state index >= 15 is 0 Å². The van der Waals surface area contributed by atoms with Gasteiger partial charge in [-0.25, -0.2) is 13.1 Å². The van der Waals surface area contributed by atoms with Gasteiger partial charge in [-0.1, -0.05) is 50.7 Å². The van der Waals surface area contributed by atoms with E-state index in [4.69, 9.17) is 0 Å². The van der Waals surface area contributed by atoms with Crippen molar-refractivity contribution in [2.45, 2.75) is 80.6 Å². The van der Waals surface area contributed by atoms with Crippen molar-refractivity contribution in [1.82, 2.24) is 4.72 Å². The number of hydrogen-bond acceptors (Lipinski definition) is 2. The molecule has 3 aliphatic rings. The largest absolute Gasteiger partial charge is 0.241 e. The summed E-state index contributed by atoms with van der Waals surface area (Å²) in [6.07, 6.45) is 11.6. The van der Waals surface area contributed by atoms with Gasteiger partial charge in [0.15, 0.2) is 0 Å². The molecule has 1 spiro atoms. The highest BCUT2D eigenvalue weighted by Gasteiger charge is 2.46. The van der Waals surface area contributed by atoms with Gasteiger partial charge < -0.3 is 0 Å². The van der Waals surface area contributed by atoms with Gasteiger partial charge in [-0.15, -0.1) is 0 Å². The van der Waals surface area contributed by atoms with Crippen molar-refractivity contribution >= 4 is 10.0 Å². The lowest BCUT2D eigenvalue weighted by Crippen LogP contribution is -2.40. The molecule has 1 aromatic carbocycles. The molecule has 2 fully saturated rings. The molecule has 4 rings (SSSR count). The van der Waals surface area contributed by atoms with Gasteiger partial charge in [0, 0.05) is 0 Å². The van der Waals surface area contributed by atoms with Crippen molar-refractivity contribution in [3.63, 3.8) is 0 Å². The molecule has 2 aliphatic carbocycles. The number of benzene rings is 1. The molecule has 0 aromatic heterocycles. The summed E-state index contributed by atoms with van der Waals surface area (Å²) in [5.74, 6) is 0.553. The number of nitrogens with one attached hydrogen (secondary N) is 1. The van der Waals surface area contributed by atoms with Crippen LogP contribution in [0.5, 0.6) is 0 Å². The Labute approximate surface area is 133 Å². The van der Waals surface area contributed by atoms with Crippen molar-refractivity contribution in [2.75, 3.05) is 0 Å². The Morgan fingerprint density at radius 1 is 0.955 bits per heavy atom. The molecule has 0 amide bonds. The van der Waals surface area contributed by atoms with Crippen LogP contribution in [-0.2, 0) is 15.6 Å². The summed E-state index contributed by atoms with van der Waals surface area (Å²) in [6.45, 7) is 0. The monoisotopic (exact) mass is 319 g/mol. The van der Waals surface area contributed by atoms with Crippen LogP contribution in [0.1, 0.15) is 81.3 Å². The summed E-state index contributed by atoms with van der Waals surface area (Å²) in [6, 6.07) is 6.30. The van der Waals surface area contributed by atoms with E-state index in [-0.39, 0.29) is 5.54 Å². The molecule has 1 heterocycles. The van der Waals surface area contributed by atoms with E-state index in [1.807, 2.05) is 6.07 Å². The quantitative estimate of drug-likeness (QED) is 0.844. The van der Waals surface area contributed by atoms with Gasteiger partial charge in [-0.05, 0) is 48.8 Å². The first kappa shape index (κ1) is 14.7. The molecule has 22 heavy (non-hydrogen) atoms. The van der Waals surface area contributed by atoms with Crippen LogP contribution >= 0.6 is 0 Å². The van der Waals surface area contributed by atoms with Gasteiger partial charge in [0.2, 0.25) is 10.0 Å². The molecule has 0 radical (unpaired) electrons. The van der Waals surface area contributed by atoms with Crippen molar-refractivity contribution in [2.24, 2.45) is 0 Å². The predicted octanol–water partition coefficient (Wildman–Crippen LogP) is 4.19. The molecular weight excluding hydrogens is 294 g/mol. The number of hydrogen-bond donors (Lipinski definition) is 1. The first-order valence-electron chi connectivity index (χ1n) is 8.79.